The van der Waals surface area contributed by atoms with Gasteiger partial charge in [-0.25, -0.2) is 0 Å². The number of allylic oxidation sites excluding steroid dienone is 1. The summed E-state index contributed by atoms with van der Waals surface area (Å²) in [6, 6.07) is 4.52. The van der Waals surface area contributed by atoms with Gasteiger partial charge >= 0.3 is 0 Å². The van der Waals surface area contributed by atoms with Crippen molar-refractivity contribution in [3.05, 3.63) is 34.9 Å². The lowest BCUT2D eigenvalue weighted by Gasteiger charge is -2.37. The number of hydrogen-bond acceptors (Lipinski definition) is 3. The number of nitrogens with one attached hydrogen (secondary N) is 1. The SMILES string of the molecule is CCC1Oc2ccc(Cl)cc2N(C(C)C(=O)NCCC2=CCCCC2)C1=O. The number of carbonyl (C=O) groups is 2. The number of amides is 2. The molecule has 1 aromatic rings. The van der Waals surface area contributed by atoms with Crippen LogP contribution >= 0.6 is 11.6 Å². The van der Waals surface area contributed by atoms with E-state index in [1.54, 1.807) is 25.1 Å². The highest BCUT2D eigenvalue weighted by Gasteiger charge is 2.38. The number of benzene rings is 1. The Bertz CT molecular complexity index is 747. The molecule has 0 saturated carbocycles. The maximum Gasteiger partial charge on any atom is 0.268 e. The topological polar surface area (TPSA) is 58.6 Å². The number of rotatable bonds is 6. The maximum absolute atomic E-state index is 12.9. The van der Waals surface area contributed by atoms with Crippen molar-refractivity contribution in [2.75, 3.05) is 11.4 Å². The van der Waals surface area contributed by atoms with Crippen LogP contribution < -0.4 is 15.0 Å². The molecular formula is C21H27ClN2O3. The summed E-state index contributed by atoms with van der Waals surface area (Å²) in [4.78, 5) is 27.1. The molecule has 1 aliphatic heterocycles. The third-order valence-corrected chi connectivity index (χ3v) is 5.47. The van der Waals surface area contributed by atoms with Crippen molar-refractivity contribution in [3.8, 4) is 5.75 Å². The number of ether oxygens (including phenoxy) is 1. The van der Waals surface area contributed by atoms with Gasteiger partial charge in [-0.05, 0) is 63.6 Å². The summed E-state index contributed by atoms with van der Waals surface area (Å²) in [6.07, 6.45) is 7.86. The van der Waals surface area contributed by atoms with Crippen LogP contribution in [0.2, 0.25) is 5.02 Å². The summed E-state index contributed by atoms with van der Waals surface area (Å²) < 4.78 is 5.78. The number of fused-ring (bicyclic) bond motifs is 1. The quantitative estimate of drug-likeness (QED) is 0.739. The van der Waals surface area contributed by atoms with E-state index in [0.29, 0.717) is 29.4 Å². The molecule has 1 N–H and O–H groups in total. The molecule has 1 aromatic carbocycles. The maximum atomic E-state index is 12.9. The highest BCUT2D eigenvalue weighted by atomic mass is 35.5. The first-order valence-corrected chi connectivity index (χ1v) is 10.1. The molecule has 5 nitrogen and oxygen atoms in total. The zero-order valence-corrected chi connectivity index (χ0v) is 16.7. The van der Waals surface area contributed by atoms with Crippen LogP contribution in [0.4, 0.5) is 5.69 Å². The van der Waals surface area contributed by atoms with Gasteiger partial charge in [0.2, 0.25) is 5.91 Å². The van der Waals surface area contributed by atoms with Crippen LogP contribution in [0.25, 0.3) is 0 Å². The molecule has 0 saturated heterocycles. The van der Waals surface area contributed by atoms with Crippen molar-refractivity contribution in [1.82, 2.24) is 5.32 Å². The monoisotopic (exact) mass is 390 g/mol. The Balaban J connectivity index is 1.70. The summed E-state index contributed by atoms with van der Waals surface area (Å²) in [7, 11) is 0. The van der Waals surface area contributed by atoms with Crippen molar-refractivity contribution < 1.29 is 14.3 Å². The Morgan fingerprint density at radius 1 is 1.41 bits per heavy atom. The van der Waals surface area contributed by atoms with Gasteiger partial charge in [0, 0.05) is 11.6 Å². The molecule has 0 radical (unpaired) electrons. The van der Waals surface area contributed by atoms with E-state index in [4.69, 9.17) is 16.3 Å². The number of nitrogens with zero attached hydrogens (tertiary/aromatic N) is 1. The summed E-state index contributed by atoms with van der Waals surface area (Å²) in [5.41, 5.74) is 1.97. The first-order valence-electron chi connectivity index (χ1n) is 9.76. The molecule has 0 spiro atoms. The third-order valence-electron chi connectivity index (χ3n) is 5.23. The summed E-state index contributed by atoms with van der Waals surface area (Å²) >= 11 is 6.11. The van der Waals surface area contributed by atoms with E-state index in [1.807, 2.05) is 6.92 Å². The highest BCUT2D eigenvalue weighted by Crippen LogP contribution is 2.38. The first kappa shape index (κ1) is 19.7. The van der Waals surface area contributed by atoms with Crippen molar-refractivity contribution >= 4 is 29.1 Å². The highest BCUT2D eigenvalue weighted by molar-refractivity contribution is 6.31. The standard InChI is InChI=1S/C21H27ClN2O3/c1-3-18-21(26)24(17-13-16(22)9-10-19(17)27-18)14(2)20(25)23-12-11-15-7-5-4-6-8-15/h7,9-10,13-14,18H,3-6,8,11-12H2,1-2H3,(H,23,25). The van der Waals surface area contributed by atoms with Gasteiger partial charge in [-0.15, -0.1) is 0 Å². The second-order valence-electron chi connectivity index (χ2n) is 7.16. The van der Waals surface area contributed by atoms with Gasteiger partial charge in [-0.2, -0.15) is 0 Å². The zero-order chi connectivity index (χ0) is 19.4. The average Bonchev–Trinajstić information content (AvgIpc) is 2.68. The molecule has 1 heterocycles. The molecule has 146 valence electrons. The number of anilines is 1. The molecule has 0 fully saturated rings. The molecule has 0 bridgehead atoms. The van der Waals surface area contributed by atoms with Gasteiger partial charge in [-0.3, -0.25) is 14.5 Å². The van der Waals surface area contributed by atoms with Crippen molar-refractivity contribution in [1.29, 1.82) is 0 Å². The molecule has 2 aliphatic rings. The summed E-state index contributed by atoms with van der Waals surface area (Å²) in [5.74, 6) is 0.213. The Morgan fingerprint density at radius 2 is 2.22 bits per heavy atom. The van der Waals surface area contributed by atoms with Crippen LogP contribution in [0.5, 0.6) is 5.75 Å². The van der Waals surface area contributed by atoms with Gasteiger partial charge in [0.1, 0.15) is 11.8 Å². The van der Waals surface area contributed by atoms with Gasteiger partial charge in [0.15, 0.2) is 6.10 Å². The van der Waals surface area contributed by atoms with Crippen LogP contribution in [0.15, 0.2) is 29.8 Å². The normalized spacial score (nSPS) is 20.4. The fraction of sp³-hybridized carbons (Fsp3) is 0.524. The third kappa shape index (κ3) is 4.46. The minimum atomic E-state index is -0.631. The van der Waals surface area contributed by atoms with E-state index in [1.165, 1.54) is 23.3 Å². The Morgan fingerprint density at radius 3 is 2.93 bits per heavy atom. The fourth-order valence-corrected chi connectivity index (χ4v) is 3.82. The molecule has 27 heavy (non-hydrogen) atoms. The van der Waals surface area contributed by atoms with Crippen molar-refractivity contribution in [2.45, 2.75) is 64.5 Å². The van der Waals surface area contributed by atoms with Gasteiger partial charge in [0.05, 0.1) is 5.69 Å². The molecule has 2 amide bonds. The predicted octanol–water partition coefficient (Wildman–Crippen LogP) is 4.24. The summed E-state index contributed by atoms with van der Waals surface area (Å²) in [6.45, 7) is 4.23. The number of carbonyl (C=O) groups excluding carboxylic acids is 2. The first-order chi connectivity index (χ1) is 13.0. The Kier molecular flexibility index (Phi) is 6.42. The van der Waals surface area contributed by atoms with E-state index in [0.717, 1.165) is 19.3 Å². The second-order valence-corrected chi connectivity index (χ2v) is 7.60. The lowest BCUT2D eigenvalue weighted by Crippen LogP contribution is -2.54. The smallest absolute Gasteiger partial charge is 0.268 e. The molecular weight excluding hydrogens is 364 g/mol. The van der Waals surface area contributed by atoms with Crippen LogP contribution in [0.3, 0.4) is 0 Å². The largest absolute Gasteiger partial charge is 0.478 e. The zero-order valence-electron chi connectivity index (χ0n) is 16.0. The minimum absolute atomic E-state index is 0.164. The van der Waals surface area contributed by atoms with Crippen LogP contribution in [0.1, 0.15) is 52.4 Å². The minimum Gasteiger partial charge on any atom is -0.478 e. The lowest BCUT2D eigenvalue weighted by molar-refractivity contribution is -0.130. The lowest BCUT2D eigenvalue weighted by atomic mass is 9.97. The number of hydrogen-bond donors (Lipinski definition) is 1. The van der Waals surface area contributed by atoms with Gasteiger partial charge in [-0.1, -0.05) is 30.2 Å². The van der Waals surface area contributed by atoms with Crippen molar-refractivity contribution in [3.63, 3.8) is 0 Å². The van der Waals surface area contributed by atoms with E-state index in [2.05, 4.69) is 11.4 Å². The van der Waals surface area contributed by atoms with Crippen molar-refractivity contribution in [2.24, 2.45) is 0 Å². The Labute approximate surface area is 165 Å². The van der Waals surface area contributed by atoms with E-state index >= 15 is 0 Å². The average molecular weight is 391 g/mol. The number of halogens is 1. The summed E-state index contributed by atoms with van der Waals surface area (Å²) in [5, 5.41) is 3.48. The van der Waals surface area contributed by atoms with Crippen LogP contribution in [0, 0.1) is 0 Å². The van der Waals surface area contributed by atoms with Crippen LogP contribution in [-0.4, -0.2) is 30.5 Å². The fourth-order valence-electron chi connectivity index (χ4n) is 3.66. The Hall–Kier alpha value is -2.01. The van der Waals surface area contributed by atoms with Gasteiger partial charge in [0.25, 0.3) is 5.91 Å². The molecule has 2 atom stereocenters. The van der Waals surface area contributed by atoms with Gasteiger partial charge < -0.3 is 10.1 Å². The molecule has 3 rings (SSSR count). The molecule has 6 heteroatoms. The van der Waals surface area contributed by atoms with E-state index < -0.39 is 12.1 Å². The molecule has 2 unspecified atom stereocenters. The molecule has 0 aromatic heterocycles. The predicted molar refractivity (Wildman–Crippen MR) is 107 cm³/mol. The van der Waals surface area contributed by atoms with E-state index in [9.17, 15) is 9.59 Å². The van der Waals surface area contributed by atoms with E-state index in [-0.39, 0.29) is 11.8 Å². The van der Waals surface area contributed by atoms with Crippen LogP contribution in [-0.2, 0) is 9.59 Å². The second kappa shape index (κ2) is 8.79. The molecule has 1 aliphatic carbocycles.